The zero-order valence-electron chi connectivity index (χ0n) is 6.73. The maximum Gasteiger partial charge on any atom is 0.471 e. The molecule has 2 nitrogen and oxygen atoms in total. The molecule has 0 aliphatic carbocycles. The van der Waals surface area contributed by atoms with Gasteiger partial charge in [-0.3, -0.25) is 4.79 Å². The number of carbonyl (C=O) groups is 1. The SMILES string of the molecule is O=C(Nc1cccc(Cl)c1)C(F)(F)F. The average Bonchev–Trinajstić information content (AvgIpc) is 2.02. The van der Waals surface area contributed by atoms with E-state index in [1.807, 2.05) is 0 Å². The van der Waals surface area contributed by atoms with E-state index in [0.29, 0.717) is 0 Å². The molecular formula is C8H5ClF3NO. The molecule has 0 saturated carbocycles. The first-order valence-corrected chi connectivity index (χ1v) is 3.91. The van der Waals surface area contributed by atoms with Crippen molar-refractivity contribution in [2.45, 2.75) is 6.18 Å². The molecule has 76 valence electrons. The number of halogens is 4. The molecule has 6 heteroatoms. The van der Waals surface area contributed by atoms with Crippen molar-refractivity contribution >= 4 is 23.2 Å². The second kappa shape index (κ2) is 3.88. The summed E-state index contributed by atoms with van der Waals surface area (Å²) < 4.78 is 35.4. The molecule has 0 aliphatic rings. The highest BCUT2D eigenvalue weighted by Gasteiger charge is 2.38. The van der Waals surface area contributed by atoms with Crippen molar-refractivity contribution < 1.29 is 18.0 Å². The van der Waals surface area contributed by atoms with Gasteiger partial charge in [0.15, 0.2) is 0 Å². The van der Waals surface area contributed by atoms with Crippen LogP contribution in [0.2, 0.25) is 5.02 Å². The number of hydrogen-bond acceptors (Lipinski definition) is 1. The molecule has 0 fully saturated rings. The predicted octanol–water partition coefficient (Wildman–Crippen LogP) is 2.84. The number of anilines is 1. The van der Waals surface area contributed by atoms with Crippen LogP contribution in [0.5, 0.6) is 0 Å². The normalized spacial score (nSPS) is 11.1. The number of hydrogen-bond donors (Lipinski definition) is 1. The average molecular weight is 224 g/mol. The first kappa shape index (κ1) is 10.8. The highest BCUT2D eigenvalue weighted by molar-refractivity contribution is 6.30. The van der Waals surface area contributed by atoms with E-state index >= 15 is 0 Å². The van der Waals surface area contributed by atoms with Crippen LogP contribution in [0.15, 0.2) is 24.3 Å². The van der Waals surface area contributed by atoms with Crippen LogP contribution >= 0.6 is 11.6 Å². The van der Waals surface area contributed by atoms with Gasteiger partial charge in [-0.2, -0.15) is 13.2 Å². The van der Waals surface area contributed by atoms with Gasteiger partial charge in [-0.25, -0.2) is 0 Å². The number of nitrogens with one attached hydrogen (secondary N) is 1. The van der Waals surface area contributed by atoms with Crippen molar-refractivity contribution in [2.75, 3.05) is 5.32 Å². The van der Waals surface area contributed by atoms with Crippen molar-refractivity contribution in [3.05, 3.63) is 29.3 Å². The Morgan fingerprint density at radius 1 is 1.36 bits per heavy atom. The number of benzene rings is 1. The third-order valence-corrected chi connectivity index (χ3v) is 1.58. The predicted molar refractivity (Wildman–Crippen MR) is 46.1 cm³/mol. The summed E-state index contributed by atoms with van der Waals surface area (Å²) in [5.74, 6) is -2.01. The molecule has 14 heavy (non-hydrogen) atoms. The molecule has 0 saturated heterocycles. The molecule has 1 N–H and O–H groups in total. The molecule has 1 aromatic rings. The van der Waals surface area contributed by atoms with E-state index in [4.69, 9.17) is 11.6 Å². The largest absolute Gasteiger partial charge is 0.471 e. The molecule has 0 aliphatic heterocycles. The smallest absolute Gasteiger partial charge is 0.318 e. The summed E-state index contributed by atoms with van der Waals surface area (Å²) >= 11 is 5.51. The molecule has 1 rings (SSSR count). The highest BCUT2D eigenvalue weighted by atomic mass is 35.5. The molecular weight excluding hydrogens is 219 g/mol. The van der Waals surface area contributed by atoms with E-state index in [0.717, 1.165) is 0 Å². The van der Waals surface area contributed by atoms with E-state index in [1.165, 1.54) is 24.3 Å². The fourth-order valence-electron chi connectivity index (χ4n) is 0.768. The van der Waals surface area contributed by atoms with E-state index in [9.17, 15) is 18.0 Å². The van der Waals surface area contributed by atoms with Crippen LogP contribution in [-0.2, 0) is 4.79 Å². The maximum atomic E-state index is 11.8. The maximum absolute atomic E-state index is 11.8. The Balaban J connectivity index is 2.75. The van der Waals surface area contributed by atoms with Crippen LogP contribution < -0.4 is 5.32 Å². The van der Waals surface area contributed by atoms with E-state index < -0.39 is 12.1 Å². The second-order valence-corrected chi connectivity index (χ2v) is 2.90. The van der Waals surface area contributed by atoms with Gasteiger partial charge in [-0.1, -0.05) is 17.7 Å². The summed E-state index contributed by atoms with van der Waals surface area (Å²) in [6, 6.07) is 5.47. The van der Waals surface area contributed by atoms with Crippen molar-refractivity contribution in [3.63, 3.8) is 0 Å². The van der Waals surface area contributed by atoms with Crippen molar-refractivity contribution in [2.24, 2.45) is 0 Å². The van der Waals surface area contributed by atoms with Gasteiger partial charge in [0.05, 0.1) is 0 Å². The third kappa shape index (κ3) is 2.92. The second-order valence-electron chi connectivity index (χ2n) is 2.46. The molecule has 0 heterocycles. The molecule has 0 aromatic heterocycles. The summed E-state index contributed by atoms with van der Waals surface area (Å²) in [7, 11) is 0. The zero-order valence-corrected chi connectivity index (χ0v) is 7.49. The van der Waals surface area contributed by atoms with Gasteiger partial charge in [-0.15, -0.1) is 0 Å². The lowest BCUT2D eigenvalue weighted by atomic mass is 10.3. The number of carbonyl (C=O) groups excluding carboxylic acids is 1. The van der Waals surface area contributed by atoms with Gasteiger partial charge < -0.3 is 5.32 Å². The zero-order chi connectivity index (χ0) is 10.8. The lowest BCUT2D eigenvalue weighted by molar-refractivity contribution is -0.167. The van der Waals surface area contributed by atoms with Gasteiger partial charge in [0.2, 0.25) is 0 Å². The summed E-state index contributed by atoms with van der Waals surface area (Å²) in [5.41, 5.74) is 0.0137. The minimum Gasteiger partial charge on any atom is -0.318 e. The minimum atomic E-state index is -4.89. The van der Waals surface area contributed by atoms with Crippen molar-refractivity contribution in [3.8, 4) is 0 Å². The Morgan fingerprint density at radius 3 is 2.50 bits per heavy atom. The molecule has 1 amide bonds. The quantitative estimate of drug-likeness (QED) is 0.779. The summed E-state index contributed by atoms with van der Waals surface area (Å²) in [6.07, 6.45) is -4.89. The molecule has 0 spiro atoms. The van der Waals surface area contributed by atoms with Crippen LogP contribution in [0.1, 0.15) is 0 Å². The van der Waals surface area contributed by atoms with E-state index in [1.54, 1.807) is 5.32 Å². The van der Waals surface area contributed by atoms with E-state index in [2.05, 4.69) is 0 Å². The topological polar surface area (TPSA) is 29.1 Å². The van der Waals surface area contributed by atoms with Crippen LogP contribution in [0.4, 0.5) is 18.9 Å². The monoisotopic (exact) mass is 223 g/mol. The Morgan fingerprint density at radius 2 is 2.00 bits per heavy atom. The Kier molecular flexibility index (Phi) is 3.00. The molecule has 0 unspecified atom stereocenters. The first-order valence-electron chi connectivity index (χ1n) is 3.53. The van der Waals surface area contributed by atoms with Crippen molar-refractivity contribution in [1.82, 2.24) is 0 Å². The van der Waals surface area contributed by atoms with Crippen LogP contribution in [0, 0.1) is 0 Å². The van der Waals surface area contributed by atoms with Gasteiger partial charge in [0.1, 0.15) is 0 Å². The Bertz CT molecular complexity index is 351. The minimum absolute atomic E-state index is 0.0137. The highest BCUT2D eigenvalue weighted by Crippen LogP contribution is 2.20. The fourth-order valence-corrected chi connectivity index (χ4v) is 0.958. The van der Waals surface area contributed by atoms with Crippen LogP contribution in [-0.4, -0.2) is 12.1 Å². The number of amides is 1. The lowest BCUT2D eigenvalue weighted by Gasteiger charge is -2.07. The Labute approximate surface area is 82.7 Å². The summed E-state index contributed by atoms with van der Waals surface area (Å²) in [6.45, 7) is 0. The standard InChI is InChI=1S/C8H5ClF3NO/c9-5-2-1-3-6(4-5)13-7(14)8(10,11)12/h1-4H,(H,13,14). The van der Waals surface area contributed by atoms with Gasteiger partial charge in [-0.05, 0) is 18.2 Å². The molecule has 0 atom stereocenters. The lowest BCUT2D eigenvalue weighted by Crippen LogP contribution is -2.29. The first-order chi connectivity index (χ1) is 6.39. The Hall–Kier alpha value is -1.23. The number of alkyl halides is 3. The van der Waals surface area contributed by atoms with Gasteiger partial charge >= 0.3 is 12.1 Å². The summed E-state index contributed by atoms with van der Waals surface area (Å²) in [4.78, 5) is 10.5. The number of rotatable bonds is 1. The van der Waals surface area contributed by atoms with Crippen LogP contribution in [0.3, 0.4) is 0 Å². The summed E-state index contributed by atoms with van der Waals surface area (Å²) in [5, 5.41) is 1.93. The molecule has 1 aromatic carbocycles. The van der Waals surface area contributed by atoms with Gasteiger partial charge in [0, 0.05) is 10.7 Å². The third-order valence-electron chi connectivity index (χ3n) is 1.34. The van der Waals surface area contributed by atoms with E-state index in [-0.39, 0.29) is 10.7 Å². The molecule has 0 bridgehead atoms. The van der Waals surface area contributed by atoms with Crippen molar-refractivity contribution in [1.29, 1.82) is 0 Å². The van der Waals surface area contributed by atoms with Gasteiger partial charge in [0.25, 0.3) is 0 Å². The molecule has 0 radical (unpaired) electrons. The van der Waals surface area contributed by atoms with Crippen LogP contribution in [0.25, 0.3) is 0 Å². The fraction of sp³-hybridized carbons (Fsp3) is 0.125.